The highest BCUT2D eigenvalue weighted by atomic mass is 32.2. The molecule has 0 unspecified atom stereocenters. The van der Waals surface area contributed by atoms with Crippen molar-refractivity contribution < 1.29 is 17.9 Å². The summed E-state index contributed by atoms with van der Waals surface area (Å²) >= 11 is 0. The highest BCUT2D eigenvalue weighted by molar-refractivity contribution is 7.89. The van der Waals surface area contributed by atoms with Crippen molar-refractivity contribution in [2.75, 3.05) is 20.8 Å². The minimum Gasteiger partial charge on any atom is -0.497 e. The monoisotopic (exact) mass is 345 g/mol. The highest BCUT2D eigenvalue weighted by Crippen LogP contribution is 2.24. The number of methoxy groups -OCH3 is 2. The number of nitrogens with one attached hydrogen (secondary N) is 1. The summed E-state index contributed by atoms with van der Waals surface area (Å²) < 4.78 is 37.4. The van der Waals surface area contributed by atoms with Crippen LogP contribution in [0.2, 0.25) is 0 Å². The second-order valence-electron chi connectivity index (χ2n) is 5.01. The summed E-state index contributed by atoms with van der Waals surface area (Å²) in [6.07, 6.45) is 0. The van der Waals surface area contributed by atoms with Gasteiger partial charge in [0.2, 0.25) is 10.0 Å². The number of aryl methyl sites for hydroxylation is 1. The van der Waals surface area contributed by atoms with E-state index in [1.807, 2.05) is 19.1 Å². The fourth-order valence-corrected chi connectivity index (χ4v) is 3.20. The van der Waals surface area contributed by atoms with E-state index < -0.39 is 10.0 Å². The van der Waals surface area contributed by atoms with Crippen LogP contribution in [0.25, 0.3) is 0 Å². The first-order valence-corrected chi connectivity index (χ1v) is 8.72. The van der Waals surface area contributed by atoms with E-state index in [2.05, 4.69) is 16.6 Å². The molecular formula is C18H19NO4S. The number of benzene rings is 2. The lowest BCUT2D eigenvalue weighted by molar-refractivity contribution is 0.402. The molecule has 1 N–H and O–H groups in total. The Morgan fingerprint density at radius 1 is 1.04 bits per heavy atom. The molecule has 2 aromatic rings. The Morgan fingerprint density at radius 2 is 1.75 bits per heavy atom. The van der Waals surface area contributed by atoms with Crippen LogP contribution in [-0.4, -0.2) is 29.2 Å². The molecule has 5 nitrogen and oxygen atoms in total. The third kappa shape index (κ3) is 4.51. The Morgan fingerprint density at radius 3 is 2.38 bits per heavy atom. The van der Waals surface area contributed by atoms with Gasteiger partial charge in [0.05, 0.1) is 20.8 Å². The van der Waals surface area contributed by atoms with Crippen LogP contribution in [0.5, 0.6) is 11.5 Å². The van der Waals surface area contributed by atoms with Gasteiger partial charge in [-0.3, -0.25) is 0 Å². The van der Waals surface area contributed by atoms with Gasteiger partial charge in [0.15, 0.2) is 0 Å². The summed E-state index contributed by atoms with van der Waals surface area (Å²) in [6, 6.07) is 12.2. The van der Waals surface area contributed by atoms with Crippen LogP contribution in [0, 0.1) is 18.8 Å². The summed E-state index contributed by atoms with van der Waals surface area (Å²) in [4.78, 5) is 0.108. The summed E-state index contributed by atoms with van der Waals surface area (Å²) in [5, 5.41) is 0. The molecule has 24 heavy (non-hydrogen) atoms. The van der Waals surface area contributed by atoms with Gasteiger partial charge in [-0.05, 0) is 48.9 Å². The maximum Gasteiger partial charge on any atom is 0.245 e. The molecule has 0 amide bonds. The number of ether oxygens (including phenoxy) is 2. The Hall–Kier alpha value is -2.49. The molecule has 2 aromatic carbocycles. The van der Waals surface area contributed by atoms with E-state index in [4.69, 9.17) is 9.47 Å². The molecule has 0 aromatic heterocycles. The molecule has 0 bridgehead atoms. The van der Waals surface area contributed by atoms with Crippen LogP contribution in [0.3, 0.4) is 0 Å². The van der Waals surface area contributed by atoms with Crippen LogP contribution >= 0.6 is 0 Å². The molecule has 2 rings (SSSR count). The fraction of sp³-hybridized carbons (Fsp3) is 0.222. The average molecular weight is 345 g/mol. The largest absolute Gasteiger partial charge is 0.497 e. The zero-order chi connectivity index (χ0) is 17.6. The van der Waals surface area contributed by atoms with E-state index in [0.29, 0.717) is 5.75 Å². The van der Waals surface area contributed by atoms with Crippen molar-refractivity contribution in [1.82, 2.24) is 4.72 Å². The van der Waals surface area contributed by atoms with Gasteiger partial charge in [-0.15, -0.1) is 0 Å². The van der Waals surface area contributed by atoms with Gasteiger partial charge in [0.25, 0.3) is 0 Å². The molecule has 0 saturated carbocycles. The molecule has 0 radical (unpaired) electrons. The summed E-state index contributed by atoms with van der Waals surface area (Å²) in [5.74, 6) is 6.74. The van der Waals surface area contributed by atoms with E-state index in [-0.39, 0.29) is 11.4 Å². The van der Waals surface area contributed by atoms with Crippen LogP contribution < -0.4 is 14.2 Å². The first-order valence-electron chi connectivity index (χ1n) is 7.23. The minimum absolute atomic E-state index is 0.00542. The Balaban J connectivity index is 2.08. The molecule has 0 heterocycles. The normalized spacial score (nSPS) is 10.6. The maximum atomic E-state index is 12.4. The minimum atomic E-state index is -3.69. The van der Waals surface area contributed by atoms with Gasteiger partial charge >= 0.3 is 0 Å². The van der Waals surface area contributed by atoms with Crippen molar-refractivity contribution in [2.45, 2.75) is 11.8 Å². The molecule has 0 saturated heterocycles. The second kappa shape index (κ2) is 7.86. The topological polar surface area (TPSA) is 64.6 Å². The van der Waals surface area contributed by atoms with Gasteiger partial charge < -0.3 is 9.47 Å². The third-order valence-electron chi connectivity index (χ3n) is 3.28. The number of hydrogen-bond acceptors (Lipinski definition) is 4. The van der Waals surface area contributed by atoms with Gasteiger partial charge in [-0.1, -0.05) is 17.9 Å². The number of rotatable bonds is 5. The van der Waals surface area contributed by atoms with Gasteiger partial charge in [0.1, 0.15) is 16.4 Å². The van der Waals surface area contributed by atoms with E-state index in [1.54, 1.807) is 37.4 Å². The molecule has 0 atom stereocenters. The molecule has 0 aliphatic carbocycles. The predicted molar refractivity (Wildman–Crippen MR) is 92.8 cm³/mol. The Labute approximate surface area is 142 Å². The van der Waals surface area contributed by atoms with E-state index in [1.165, 1.54) is 7.11 Å². The fourth-order valence-electron chi connectivity index (χ4n) is 2.02. The van der Waals surface area contributed by atoms with Crippen LogP contribution in [0.1, 0.15) is 11.1 Å². The van der Waals surface area contributed by atoms with Crippen molar-refractivity contribution in [2.24, 2.45) is 0 Å². The van der Waals surface area contributed by atoms with Gasteiger partial charge in [-0.2, -0.15) is 4.72 Å². The molecule has 126 valence electrons. The lowest BCUT2D eigenvalue weighted by Gasteiger charge is -2.10. The molecule has 0 aliphatic heterocycles. The summed E-state index contributed by atoms with van der Waals surface area (Å²) in [6.45, 7) is 1.83. The molecule has 6 heteroatoms. The summed E-state index contributed by atoms with van der Waals surface area (Å²) in [7, 11) is -0.658. The molecular weight excluding hydrogens is 326 g/mol. The number of sulfonamides is 1. The quantitative estimate of drug-likeness (QED) is 0.845. The standard InChI is InChI=1S/C18H19NO4S/c1-14-6-11-17(23-3)18(13-14)24(20,21)19-12-4-5-15-7-9-16(22-2)10-8-15/h6-11,13,19H,12H2,1-3H3. The molecule has 0 fully saturated rings. The van der Waals surface area contributed by atoms with Gasteiger partial charge in [0, 0.05) is 5.56 Å². The molecule has 0 aliphatic rings. The van der Waals surface area contributed by atoms with E-state index in [0.717, 1.165) is 16.9 Å². The molecule has 0 spiro atoms. The SMILES string of the molecule is COc1ccc(C#CCNS(=O)(=O)c2cc(C)ccc2OC)cc1. The van der Waals surface area contributed by atoms with Crippen LogP contribution in [-0.2, 0) is 10.0 Å². The van der Waals surface area contributed by atoms with Crippen LogP contribution in [0.15, 0.2) is 47.4 Å². The first kappa shape index (κ1) is 17.9. The lowest BCUT2D eigenvalue weighted by Crippen LogP contribution is -2.24. The van der Waals surface area contributed by atoms with E-state index >= 15 is 0 Å². The van der Waals surface area contributed by atoms with Gasteiger partial charge in [-0.25, -0.2) is 8.42 Å². The third-order valence-corrected chi connectivity index (χ3v) is 4.70. The first-order chi connectivity index (χ1) is 11.5. The summed E-state index contributed by atoms with van der Waals surface area (Å²) in [5.41, 5.74) is 1.61. The van der Waals surface area contributed by atoms with Crippen molar-refractivity contribution in [1.29, 1.82) is 0 Å². The Bertz CT molecular complexity index is 862. The Kier molecular flexibility index (Phi) is 5.85. The highest BCUT2D eigenvalue weighted by Gasteiger charge is 2.18. The van der Waals surface area contributed by atoms with Crippen molar-refractivity contribution in [3.05, 3.63) is 53.6 Å². The van der Waals surface area contributed by atoms with E-state index in [9.17, 15) is 8.42 Å². The second-order valence-corrected chi connectivity index (χ2v) is 6.74. The van der Waals surface area contributed by atoms with Crippen molar-refractivity contribution in [3.63, 3.8) is 0 Å². The van der Waals surface area contributed by atoms with Crippen molar-refractivity contribution >= 4 is 10.0 Å². The zero-order valence-electron chi connectivity index (χ0n) is 13.8. The number of hydrogen-bond donors (Lipinski definition) is 1. The smallest absolute Gasteiger partial charge is 0.245 e. The lowest BCUT2D eigenvalue weighted by atomic mass is 10.2. The maximum absolute atomic E-state index is 12.4. The van der Waals surface area contributed by atoms with Crippen LogP contribution in [0.4, 0.5) is 0 Å². The average Bonchev–Trinajstić information content (AvgIpc) is 2.59. The van der Waals surface area contributed by atoms with Crippen molar-refractivity contribution in [3.8, 4) is 23.3 Å². The predicted octanol–water partition coefficient (Wildman–Crippen LogP) is 2.34. The zero-order valence-corrected chi connectivity index (χ0v) is 14.6.